The first-order valence-corrected chi connectivity index (χ1v) is 13.6. The standard InChI is InChI=1S/C17H25NO.C13H17BrO.2CH4/c1-4-16(18-10-5-6-11-18)17(19)12-15-13(2)8-7-9-14(15)3;1-4-12(14)13(15)8-11-9(2)6-5-7-10(11)3;;/h7-9,16H,4-6,10-12H2,1-3H3;5-7,12H,4,8H2,1-3H3;2*1H4. The van der Waals surface area contributed by atoms with E-state index in [2.05, 4.69) is 85.8 Å². The van der Waals surface area contributed by atoms with Crippen molar-refractivity contribution in [3.63, 3.8) is 0 Å². The maximum Gasteiger partial charge on any atom is 0.154 e. The third-order valence-electron chi connectivity index (χ3n) is 7.04. The molecule has 0 bridgehead atoms. The quantitative estimate of drug-likeness (QED) is 0.291. The molecule has 1 saturated heterocycles. The molecule has 0 saturated carbocycles. The fourth-order valence-corrected chi connectivity index (χ4v) is 4.96. The summed E-state index contributed by atoms with van der Waals surface area (Å²) in [7, 11) is 0. The number of aryl methyl sites for hydroxylation is 4. The molecular formula is C32H50BrNO2. The second-order valence-electron chi connectivity index (χ2n) is 9.57. The van der Waals surface area contributed by atoms with Crippen molar-refractivity contribution in [3.8, 4) is 0 Å². The van der Waals surface area contributed by atoms with E-state index in [1.807, 2.05) is 13.0 Å². The Kier molecular flexibility index (Phi) is 16.0. The summed E-state index contributed by atoms with van der Waals surface area (Å²) in [6, 6.07) is 12.6. The molecule has 0 radical (unpaired) electrons. The molecule has 2 aromatic carbocycles. The van der Waals surface area contributed by atoms with Crippen LogP contribution in [0.15, 0.2) is 36.4 Å². The fourth-order valence-electron chi connectivity index (χ4n) is 4.80. The minimum Gasteiger partial charge on any atom is -0.298 e. The maximum atomic E-state index is 12.6. The van der Waals surface area contributed by atoms with E-state index in [1.165, 1.54) is 46.2 Å². The Morgan fingerprint density at radius 1 is 0.750 bits per heavy atom. The van der Waals surface area contributed by atoms with E-state index in [1.54, 1.807) is 0 Å². The van der Waals surface area contributed by atoms with E-state index >= 15 is 0 Å². The Morgan fingerprint density at radius 2 is 1.14 bits per heavy atom. The lowest BCUT2D eigenvalue weighted by molar-refractivity contribution is -0.123. The van der Waals surface area contributed by atoms with Gasteiger partial charge < -0.3 is 0 Å². The Balaban J connectivity index is 0.000000662. The molecule has 1 aliphatic rings. The molecule has 3 nitrogen and oxygen atoms in total. The highest BCUT2D eigenvalue weighted by atomic mass is 79.9. The third-order valence-corrected chi connectivity index (χ3v) is 8.20. The van der Waals surface area contributed by atoms with E-state index in [0.717, 1.165) is 25.9 Å². The molecule has 0 N–H and O–H groups in total. The van der Waals surface area contributed by atoms with Gasteiger partial charge in [0.25, 0.3) is 0 Å². The summed E-state index contributed by atoms with van der Waals surface area (Å²) in [4.78, 5) is 26.8. The van der Waals surface area contributed by atoms with Crippen LogP contribution in [0.4, 0.5) is 0 Å². The van der Waals surface area contributed by atoms with Crippen LogP contribution in [0.5, 0.6) is 0 Å². The van der Waals surface area contributed by atoms with Crippen molar-refractivity contribution in [2.45, 2.75) is 106 Å². The normalized spacial score (nSPS) is 14.5. The maximum absolute atomic E-state index is 12.6. The van der Waals surface area contributed by atoms with E-state index in [-0.39, 0.29) is 31.5 Å². The molecule has 1 heterocycles. The molecule has 0 aliphatic carbocycles. The van der Waals surface area contributed by atoms with Crippen LogP contribution < -0.4 is 0 Å². The Morgan fingerprint density at radius 3 is 1.50 bits per heavy atom. The van der Waals surface area contributed by atoms with Gasteiger partial charge in [-0.05, 0) is 99.8 Å². The highest BCUT2D eigenvalue weighted by molar-refractivity contribution is 9.10. The van der Waals surface area contributed by atoms with Gasteiger partial charge in [-0.1, -0.05) is 81.0 Å². The molecule has 0 aromatic heterocycles. The third kappa shape index (κ3) is 9.59. The van der Waals surface area contributed by atoms with Crippen molar-refractivity contribution in [2.24, 2.45) is 0 Å². The van der Waals surface area contributed by atoms with Gasteiger partial charge in [0.2, 0.25) is 0 Å². The van der Waals surface area contributed by atoms with Crippen molar-refractivity contribution >= 4 is 27.5 Å². The summed E-state index contributed by atoms with van der Waals surface area (Å²) in [5, 5.41) is 0. The van der Waals surface area contributed by atoms with Crippen LogP contribution in [0.25, 0.3) is 0 Å². The average Bonchev–Trinajstić information content (AvgIpc) is 3.33. The first kappa shape index (κ1) is 34.2. The summed E-state index contributed by atoms with van der Waals surface area (Å²) >= 11 is 3.40. The summed E-state index contributed by atoms with van der Waals surface area (Å²) in [5.74, 6) is 0.664. The predicted octanol–water partition coefficient (Wildman–Crippen LogP) is 8.15. The summed E-state index contributed by atoms with van der Waals surface area (Å²) in [6.45, 7) is 14.7. The van der Waals surface area contributed by atoms with Gasteiger partial charge in [0.15, 0.2) is 11.6 Å². The number of carbonyl (C=O) groups excluding carboxylic acids is 2. The van der Waals surface area contributed by atoms with E-state index in [9.17, 15) is 9.59 Å². The summed E-state index contributed by atoms with van der Waals surface area (Å²) in [5.41, 5.74) is 7.30. The van der Waals surface area contributed by atoms with Crippen LogP contribution in [0.3, 0.4) is 0 Å². The van der Waals surface area contributed by atoms with Gasteiger partial charge in [0, 0.05) is 12.8 Å². The second-order valence-corrected chi connectivity index (χ2v) is 10.7. The fraction of sp³-hybridized carbons (Fsp3) is 0.562. The van der Waals surface area contributed by atoms with Gasteiger partial charge >= 0.3 is 0 Å². The minimum absolute atomic E-state index is 0. The van der Waals surface area contributed by atoms with E-state index < -0.39 is 0 Å². The molecule has 2 atom stereocenters. The molecule has 2 aromatic rings. The molecule has 36 heavy (non-hydrogen) atoms. The number of alkyl halides is 1. The number of Topliss-reactive ketones (excluding diaryl/α,β-unsaturated/α-hetero) is 2. The molecular weight excluding hydrogens is 510 g/mol. The highest BCUT2D eigenvalue weighted by Crippen LogP contribution is 2.20. The van der Waals surface area contributed by atoms with Gasteiger partial charge in [-0.3, -0.25) is 14.5 Å². The molecule has 3 rings (SSSR count). The number of hydrogen-bond donors (Lipinski definition) is 0. The van der Waals surface area contributed by atoms with Crippen molar-refractivity contribution in [3.05, 3.63) is 69.8 Å². The average molecular weight is 561 g/mol. The van der Waals surface area contributed by atoms with Crippen molar-refractivity contribution in [1.29, 1.82) is 0 Å². The number of likely N-dealkylation sites (tertiary alicyclic amines) is 1. The smallest absolute Gasteiger partial charge is 0.154 e. The van der Waals surface area contributed by atoms with E-state index in [0.29, 0.717) is 18.6 Å². The molecule has 0 spiro atoms. The zero-order chi connectivity index (χ0) is 25.3. The highest BCUT2D eigenvalue weighted by Gasteiger charge is 2.26. The van der Waals surface area contributed by atoms with Crippen LogP contribution >= 0.6 is 15.9 Å². The largest absolute Gasteiger partial charge is 0.298 e. The topological polar surface area (TPSA) is 37.4 Å². The van der Waals surface area contributed by atoms with Gasteiger partial charge in [-0.15, -0.1) is 0 Å². The molecule has 1 aliphatic heterocycles. The van der Waals surface area contributed by atoms with Gasteiger partial charge in [0.05, 0.1) is 10.9 Å². The number of nitrogens with zero attached hydrogens (tertiary/aromatic N) is 1. The van der Waals surface area contributed by atoms with E-state index in [4.69, 9.17) is 0 Å². The SMILES string of the molecule is C.C.CCC(Br)C(=O)Cc1c(C)cccc1C.CCC(C(=O)Cc1c(C)cccc1C)N1CCCC1. The summed E-state index contributed by atoms with van der Waals surface area (Å²) in [6.07, 6.45) is 5.41. The lowest BCUT2D eigenvalue weighted by Crippen LogP contribution is -2.39. The lowest BCUT2D eigenvalue weighted by Gasteiger charge is -2.25. The van der Waals surface area contributed by atoms with Crippen molar-refractivity contribution < 1.29 is 9.59 Å². The van der Waals surface area contributed by atoms with Crippen LogP contribution in [0.2, 0.25) is 0 Å². The summed E-state index contributed by atoms with van der Waals surface area (Å²) < 4.78 is 0. The van der Waals surface area contributed by atoms with Crippen LogP contribution in [-0.4, -0.2) is 40.4 Å². The number of rotatable bonds is 9. The zero-order valence-electron chi connectivity index (χ0n) is 21.9. The predicted molar refractivity (Wildman–Crippen MR) is 161 cm³/mol. The molecule has 2 unspecified atom stereocenters. The number of benzene rings is 2. The number of hydrogen-bond acceptors (Lipinski definition) is 3. The van der Waals surface area contributed by atoms with Gasteiger partial charge in [-0.2, -0.15) is 0 Å². The van der Waals surface area contributed by atoms with Crippen molar-refractivity contribution in [2.75, 3.05) is 13.1 Å². The molecule has 4 heteroatoms. The molecule has 0 amide bonds. The van der Waals surface area contributed by atoms with Crippen LogP contribution in [0.1, 0.15) is 87.8 Å². The van der Waals surface area contributed by atoms with Crippen LogP contribution in [0, 0.1) is 27.7 Å². The monoisotopic (exact) mass is 559 g/mol. The lowest BCUT2D eigenvalue weighted by atomic mass is 9.94. The number of carbonyl (C=O) groups is 2. The first-order valence-electron chi connectivity index (χ1n) is 12.7. The molecule has 202 valence electrons. The van der Waals surface area contributed by atoms with Gasteiger partial charge in [0.1, 0.15) is 0 Å². The second kappa shape index (κ2) is 16.9. The minimum atomic E-state index is -0.00324. The first-order chi connectivity index (χ1) is 16.2. The number of ketones is 2. The molecule has 1 fully saturated rings. The van der Waals surface area contributed by atoms with Crippen molar-refractivity contribution in [1.82, 2.24) is 4.90 Å². The zero-order valence-corrected chi connectivity index (χ0v) is 23.5. The number of halogens is 1. The Bertz CT molecular complexity index is 922. The Hall–Kier alpha value is -1.78. The van der Waals surface area contributed by atoms with Crippen LogP contribution in [-0.2, 0) is 22.4 Å². The Labute approximate surface area is 230 Å². The van der Waals surface area contributed by atoms with Gasteiger partial charge in [-0.25, -0.2) is 0 Å².